The van der Waals surface area contributed by atoms with E-state index in [9.17, 15) is 13.5 Å². The Morgan fingerprint density at radius 1 is 0.875 bits per heavy atom. The molecule has 158 valence electrons. The molecule has 0 aliphatic carbocycles. The summed E-state index contributed by atoms with van der Waals surface area (Å²) in [4.78, 5) is 4.19. The lowest BCUT2D eigenvalue weighted by atomic mass is 10.0. The molecule has 9 heteroatoms. The zero-order valence-electron chi connectivity index (χ0n) is 16.9. The van der Waals surface area contributed by atoms with Gasteiger partial charge in [0, 0.05) is 18.0 Å². The zero-order chi connectivity index (χ0) is 22.3. The number of pyridine rings is 1. The molecule has 2 aromatic carbocycles. The molecule has 1 N–H and O–H groups in total. The van der Waals surface area contributed by atoms with Crippen molar-refractivity contribution in [1.29, 1.82) is 0 Å². The molecule has 0 aliphatic rings. The van der Waals surface area contributed by atoms with E-state index < -0.39 is 9.84 Å². The molecule has 3 aromatic heterocycles. The summed E-state index contributed by atoms with van der Waals surface area (Å²) in [5, 5.41) is 22.9. The Hall–Kier alpha value is -4.11. The Kier molecular flexibility index (Phi) is 4.67. The molecule has 0 spiro atoms. The first kappa shape index (κ1) is 19.8. The third-order valence-electron chi connectivity index (χ3n) is 5.12. The van der Waals surface area contributed by atoms with Crippen LogP contribution in [0.5, 0.6) is 5.75 Å². The highest BCUT2D eigenvalue weighted by Gasteiger charge is 2.27. The molecule has 0 amide bonds. The molecule has 32 heavy (non-hydrogen) atoms. The fourth-order valence-electron chi connectivity index (χ4n) is 3.59. The zero-order valence-corrected chi connectivity index (χ0v) is 17.7. The molecule has 0 saturated carbocycles. The van der Waals surface area contributed by atoms with E-state index in [1.165, 1.54) is 16.6 Å². The predicted molar refractivity (Wildman–Crippen MR) is 118 cm³/mol. The number of aromatic nitrogens is 5. The van der Waals surface area contributed by atoms with Crippen molar-refractivity contribution in [1.82, 2.24) is 24.8 Å². The molecule has 0 unspecified atom stereocenters. The lowest BCUT2D eigenvalue weighted by Crippen LogP contribution is -2.12. The topological polar surface area (TPSA) is 110 Å². The van der Waals surface area contributed by atoms with Gasteiger partial charge in [0.15, 0.2) is 5.65 Å². The van der Waals surface area contributed by atoms with Crippen molar-refractivity contribution in [3.05, 3.63) is 84.8 Å². The number of hydrogen-bond acceptors (Lipinski definition) is 7. The maximum atomic E-state index is 13.2. The minimum absolute atomic E-state index is 0.0930. The average molecular weight is 443 g/mol. The van der Waals surface area contributed by atoms with Gasteiger partial charge in [0.1, 0.15) is 11.4 Å². The molecule has 0 aliphatic heterocycles. The van der Waals surface area contributed by atoms with Crippen molar-refractivity contribution >= 4 is 15.5 Å². The summed E-state index contributed by atoms with van der Waals surface area (Å²) < 4.78 is 27.9. The summed E-state index contributed by atoms with van der Waals surface area (Å²) in [6.07, 6.45) is 3.30. The third-order valence-corrected chi connectivity index (χ3v) is 6.90. The molecule has 0 bridgehead atoms. The van der Waals surface area contributed by atoms with Crippen molar-refractivity contribution in [3.63, 3.8) is 0 Å². The van der Waals surface area contributed by atoms with E-state index in [0.717, 1.165) is 5.56 Å². The number of sulfone groups is 1. The van der Waals surface area contributed by atoms with Gasteiger partial charge in [-0.05, 0) is 48.9 Å². The summed E-state index contributed by atoms with van der Waals surface area (Å²) >= 11 is 0. The number of phenols is 1. The quantitative estimate of drug-likeness (QED) is 0.451. The number of phenolic OH excluding ortho intramolecular Hbond substituents is 1. The van der Waals surface area contributed by atoms with Gasteiger partial charge in [-0.1, -0.05) is 30.3 Å². The van der Waals surface area contributed by atoms with Gasteiger partial charge in [-0.25, -0.2) is 12.9 Å². The highest BCUT2D eigenvalue weighted by molar-refractivity contribution is 7.91. The molecule has 0 atom stereocenters. The van der Waals surface area contributed by atoms with Gasteiger partial charge in [0.2, 0.25) is 14.9 Å². The SMILES string of the molecule is Cc1c(S(=O)(=O)c2ccccc2)nnc2c(-c3cccc(O)c3)c(-c3ccncc3)nn12. The number of fused-ring (bicyclic) bond motifs is 1. The molecule has 8 nitrogen and oxygen atoms in total. The van der Waals surface area contributed by atoms with Crippen molar-refractivity contribution in [2.75, 3.05) is 0 Å². The predicted octanol–water partition coefficient (Wildman–Crippen LogP) is 3.70. The summed E-state index contributed by atoms with van der Waals surface area (Å²) in [6, 6.07) is 18.4. The number of aryl methyl sites for hydroxylation is 1. The van der Waals surface area contributed by atoms with Crippen LogP contribution in [0.3, 0.4) is 0 Å². The second-order valence-corrected chi connectivity index (χ2v) is 9.02. The first-order chi connectivity index (χ1) is 15.5. The van der Waals surface area contributed by atoms with Crippen LogP contribution < -0.4 is 0 Å². The molecular weight excluding hydrogens is 426 g/mol. The minimum Gasteiger partial charge on any atom is -0.508 e. The fraction of sp³-hybridized carbons (Fsp3) is 0.0435. The summed E-state index contributed by atoms with van der Waals surface area (Å²) in [5.41, 5.74) is 3.37. The molecule has 5 rings (SSSR count). The highest BCUT2D eigenvalue weighted by atomic mass is 32.2. The second-order valence-electron chi connectivity index (χ2n) is 7.15. The monoisotopic (exact) mass is 443 g/mol. The number of rotatable bonds is 4. The van der Waals surface area contributed by atoms with Crippen molar-refractivity contribution in [3.8, 4) is 28.1 Å². The van der Waals surface area contributed by atoms with E-state index in [1.54, 1.807) is 67.8 Å². The van der Waals surface area contributed by atoms with Crippen LogP contribution in [0, 0.1) is 6.92 Å². The Bertz CT molecular complexity index is 1550. The number of nitrogens with zero attached hydrogens (tertiary/aromatic N) is 5. The molecule has 0 radical (unpaired) electrons. The first-order valence-corrected chi connectivity index (χ1v) is 11.2. The number of benzene rings is 2. The first-order valence-electron chi connectivity index (χ1n) is 9.73. The van der Waals surface area contributed by atoms with Crippen LogP contribution in [0.15, 0.2) is 89.0 Å². The van der Waals surface area contributed by atoms with E-state index in [-0.39, 0.29) is 15.7 Å². The van der Waals surface area contributed by atoms with Gasteiger partial charge in [-0.3, -0.25) is 4.98 Å². The molecule has 3 heterocycles. The largest absolute Gasteiger partial charge is 0.508 e. The highest BCUT2D eigenvalue weighted by Crippen LogP contribution is 2.36. The van der Waals surface area contributed by atoms with Crippen molar-refractivity contribution in [2.24, 2.45) is 0 Å². The molecule has 0 saturated heterocycles. The third kappa shape index (κ3) is 3.19. The van der Waals surface area contributed by atoms with Gasteiger partial charge < -0.3 is 5.11 Å². The van der Waals surface area contributed by atoms with Crippen molar-refractivity contribution in [2.45, 2.75) is 16.8 Å². The van der Waals surface area contributed by atoms with Crippen LogP contribution in [0.1, 0.15) is 5.69 Å². The number of hydrogen-bond donors (Lipinski definition) is 1. The van der Waals surface area contributed by atoms with Crippen LogP contribution >= 0.6 is 0 Å². The van der Waals surface area contributed by atoms with E-state index in [2.05, 4.69) is 15.2 Å². The van der Waals surface area contributed by atoms with E-state index in [0.29, 0.717) is 28.2 Å². The van der Waals surface area contributed by atoms with Crippen LogP contribution in [0.2, 0.25) is 0 Å². The van der Waals surface area contributed by atoms with Gasteiger partial charge >= 0.3 is 0 Å². The van der Waals surface area contributed by atoms with Crippen LogP contribution in [-0.4, -0.2) is 38.3 Å². The maximum Gasteiger partial charge on any atom is 0.227 e. The van der Waals surface area contributed by atoms with Crippen LogP contribution in [0.4, 0.5) is 0 Å². The van der Waals surface area contributed by atoms with E-state index in [1.807, 2.05) is 6.07 Å². The fourth-order valence-corrected chi connectivity index (χ4v) is 4.95. The van der Waals surface area contributed by atoms with Gasteiger partial charge in [-0.2, -0.15) is 5.10 Å². The van der Waals surface area contributed by atoms with E-state index in [4.69, 9.17) is 5.10 Å². The maximum absolute atomic E-state index is 13.2. The summed E-state index contributed by atoms with van der Waals surface area (Å²) in [7, 11) is -3.89. The van der Waals surface area contributed by atoms with Crippen LogP contribution in [0.25, 0.3) is 28.0 Å². The Labute approximate surface area is 183 Å². The molecule has 5 aromatic rings. The number of aromatic hydroxyl groups is 1. The van der Waals surface area contributed by atoms with Gasteiger partial charge in [0.25, 0.3) is 0 Å². The lowest BCUT2D eigenvalue weighted by Gasteiger charge is -2.08. The molecular formula is C23H17N5O3S. The minimum atomic E-state index is -3.89. The standard InChI is InChI=1S/C23H17N5O3S/c1-15-23(32(30,31)19-8-3-2-4-9-19)26-25-22-20(17-6-5-7-18(29)14-17)21(27-28(15)22)16-10-12-24-13-11-16/h2-14,29H,1H3. The lowest BCUT2D eigenvalue weighted by molar-refractivity contribution is 0.475. The van der Waals surface area contributed by atoms with Crippen molar-refractivity contribution < 1.29 is 13.5 Å². The van der Waals surface area contributed by atoms with Gasteiger partial charge in [-0.15, -0.1) is 10.2 Å². The van der Waals surface area contributed by atoms with Crippen LogP contribution in [-0.2, 0) is 9.84 Å². The summed E-state index contributed by atoms with van der Waals surface area (Å²) in [5.74, 6) is 0.0930. The smallest absolute Gasteiger partial charge is 0.227 e. The average Bonchev–Trinajstić information content (AvgIpc) is 3.21. The Morgan fingerprint density at radius 3 is 2.34 bits per heavy atom. The Balaban J connectivity index is 1.81. The summed E-state index contributed by atoms with van der Waals surface area (Å²) in [6.45, 7) is 1.65. The molecule has 0 fully saturated rings. The van der Waals surface area contributed by atoms with Gasteiger partial charge in [0.05, 0.1) is 16.2 Å². The van der Waals surface area contributed by atoms with E-state index >= 15 is 0 Å². The second kappa shape index (κ2) is 7.54. The Morgan fingerprint density at radius 2 is 1.62 bits per heavy atom. The normalized spacial score (nSPS) is 11.7.